The van der Waals surface area contributed by atoms with Crippen LogP contribution in [0.2, 0.25) is 0 Å². The summed E-state index contributed by atoms with van der Waals surface area (Å²) in [5.41, 5.74) is 2.08. The van der Waals surface area contributed by atoms with Crippen LogP contribution in [-0.4, -0.2) is 19.3 Å². The van der Waals surface area contributed by atoms with E-state index in [1.165, 1.54) is 24.0 Å². The van der Waals surface area contributed by atoms with Gasteiger partial charge in [0.25, 0.3) is 0 Å². The summed E-state index contributed by atoms with van der Waals surface area (Å²) >= 11 is 1.83. The maximum absolute atomic E-state index is 11.8. The third-order valence-electron chi connectivity index (χ3n) is 4.83. The molecule has 2 atom stereocenters. The Balaban J connectivity index is 1.40. The number of thiophene rings is 1. The fourth-order valence-electron chi connectivity index (χ4n) is 3.33. The second-order valence-corrected chi connectivity index (χ2v) is 7.75. The van der Waals surface area contributed by atoms with Crippen LogP contribution < -0.4 is 9.47 Å². The van der Waals surface area contributed by atoms with E-state index in [9.17, 15) is 4.79 Å². The largest absolute Gasteiger partial charge is 0.489 e. The van der Waals surface area contributed by atoms with Crippen molar-refractivity contribution in [3.8, 4) is 11.5 Å². The molecule has 5 nitrogen and oxygen atoms in total. The van der Waals surface area contributed by atoms with E-state index in [0.717, 1.165) is 17.5 Å². The molecule has 0 aliphatic heterocycles. The quantitative estimate of drug-likeness (QED) is 0.225. The molecule has 1 fully saturated rings. The van der Waals surface area contributed by atoms with E-state index >= 15 is 0 Å². The SMILES string of the molecule is CON=CC(=O)Oc1ccccc1COc1cccc(C2CC2c2cccs2)c1. The number of esters is 1. The number of nitrogens with zero attached hydrogens (tertiary/aromatic N) is 1. The highest BCUT2D eigenvalue weighted by Gasteiger charge is 2.40. The Kier molecular flexibility index (Phi) is 5.91. The summed E-state index contributed by atoms with van der Waals surface area (Å²) in [6.45, 7) is 0.299. The average Bonchev–Trinajstić information content (AvgIpc) is 3.36. The Hall–Kier alpha value is -3.12. The van der Waals surface area contributed by atoms with Crippen LogP contribution in [-0.2, 0) is 16.2 Å². The molecule has 0 saturated heterocycles. The molecule has 1 aliphatic carbocycles. The summed E-state index contributed by atoms with van der Waals surface area (Å²) in [6, 6.07) is 19.9. The maximum atomic E-state index is 11.8. The summed E-state index contributed by atoms with van der Waals surface area (Å²) < 4.78 is 11.3. The highest BCUT2D eigenvalue weighted by atomic mass is 32.1. The average molecular weight is 407 g/mol. The Morgan fingerprint density at radius 3 is 2.86 bits per heavy atom. The van der Waals surface area contributed by atoms with Crippen molar-refractivity contribution in [2.75, 3.05) is 7.11 Å². The minimum atomic E-state index is -0.602. The van der Waals surface area contributed by atoms with Crippen LogP contribution in [0.4, 0.5) is 0 Å². The van der Waals surface area contributed by atoms with Gasteiger partial charge in [-0.25, -0.2) is 4.79 Å². The second-order valence-electron chi connectivity index (χ2n) is 6.77. The van der Waals surface area contributed by atoms with Gasteiger partial charge in [0.15, 0.2) is 6.21 Å². The molecule has 1 saturated carbocycles. The molecule has 0 amide bonds. The number of rotatable bonds is 8. The van der Waals surface area contributed by atoms with E-state index in [2.05, 4.69) is 39.6 Å². The van der Waals surface area contributed by atoms with Gasteiger partial charge < -0.3 is 14.3 Å². The molecule has 1 heterocycles. The van der Waals surface area contributed by atoms with Crippen LogP contribution in [0.5, 0.6) is 11.5 Å². The first-order valence-electron chi connectivity index (χ1n) is 9.37. The van der Waals surface area contributed by atoms with Gasteiger partial charge in [0.05, 0.1) is 0 Å². The zero-order valence-corrected chi connectivity index (χ0v) is 16.8. The molecule has 3 aromatic rings. The maximum Gasteiger partial charge on any atom is 0.358 e. The molecule has 1 aromatic heterocycles. The van der Waals surface area contributed by atoms with Crippen molar-refractivity contribution < 1.29 is 19.1 Å². The minimum absolute atomic E-state index is 0.299. The predicted molar refractivity (Wildman–Crippen MR) is 113 cm³/mol. The molecule has 4 rings (SSSR count). The third-order valence-corrected chi connectivity index (χ3v) is 5.83. The highest BCUT2D eigenvalue weighted by molar-refractivity contribution is 7.10. The number of carbonyl (C=O) groups excluding carboxylic acids is 1. The smallest absolute Gasteiger partial charge is 0.358 e. The fraction of sp³-hybridized carbons (Fsp3) is 0.217. The van der Waals surface area contributed by atoms with Gasteiger partial charge in [-0.1, -0.05) is 41.6 Å². The van der Waals surface area contributed by atoms with Gasteiger partial charge in [0.1, 0.15) is 25.2 Å². The molecular weight excluding hydrogens is 386 g/mol. The standard InChI is InChI=1S/C23H21NO4S/c1-26-24-14-23(25)28-21-9-3-2-6-17(21)15-27-18-8-4-7-16(12-18)19-13-20(19)22-10-5-11-29-22/h2-12,14,19-20H,13,15H2,1H3. The molecule has 0 N–H and O–H groups in total. The van der Waals surface area contributed by atoms with Crippen molar-refractivity contribution >= 4 is 23.5 Å². The molecule has 6 heteroatoms. The van der Waals surface area contributed by atoms with Crippen LogP contribution in [0, 0.1) is 0 Å². The second kappa shape index (κ2) is 8.92. The molecule has 2 unspecified atom stereocenters. The van der Waals surface area contributed by atoms with E-state index in [0.29, 0.717) is 24.2 Å². The van der Waals surface area contributed by atoms with Gasteiger partial charge in [0, 0.05) is 16.4 Å². The number of para-hydroxylation sites is 1. The van der Waals surface area contributed by atoms with Gasteiger partial charge in [-0.3, -0.25) is 0 Å². The van der Waals surface area contributed by atoms with E-state index < -0.39 is 5.97 Å². The minimum Gasteiger partial charge on any atom is -0.489 e. The van der Waals surface area contributed by atoms with E-state index in [1.54, 1.807) is 12.1 Å². The van der Waals surface area contributed by atoms with Gasteiger partial charge in [-0.2, -0.15) is 0 Å². The van der Waals surface area contributed by atoms with Crippen molar-refractivity contribution in [1.82, 2.24) is 0 Å². The molecule has 29 heavy (non-hydrogen) atoms. The normalized spacial score (nSPS) is 17.8. The van der Waals surface area contributed by atoms with Crippen molar-refractivity contribution in [3.63, 3.8) is 0 Å². The van der Waals surface area contributed by atoms with Gasteiger partial charge in [-0.05, 0) is 47.5 Å². The summed E-state index contributed by atoms with van der Waals surface area (Å²) in [6.07, 6.45) is 2.17. The fourth-order valence-corrected chi connectivity index (χ4v) is 4.24. The van der Waals surface area contributed by atoms with Gasteiger partial charge in [-0.15, -0.1) is 11.3 Å². The van der Waals surface area contributed by atoms with Crippen LogP contribution in [0.15, 0.2) is 71.2 Å². The van der Waals surface area contributed by atoms with Crippen molar-refractivity contribution in [2.24, 2.45) is 5.16 Å². The number of ether oxygens (including phenoxy) is 2. The molecule has 148 valence electrons. The number of carbonyl (C=O) groups is 1. The Bertz CT molecular complexity index is 1000. The summed E-state index contributed by atoms with van der Waals surface area (Å²) in [4.78, 5) is 17.7. The Morgan fingerprint density at radius 1 is 1.14 bits per heavy atom. The molecule has 0 radical (unpaired) electrons. The van der Waals surface area contributed by atoms with Crippen molar-refractivity contribution in [2.45, 2.75) is 24.9 Å². The predicted octanol–water partition coefficient (Wildman–Crippen LogP) is 5.14. The molecule has 1 aliphatic rings. The topological polar surface area (TPSA) is 57.1 Å². The van der Waals surface area contributed by atoms with E-state index in [1.807, 2.05) is 35.6 Å². The van der Waals surface area contributed by atoms with E-state index in [4.69, 9.17) is 9.47 Å². The van der Waals surface area contributed by atoms with E-state index in [-0.39, 0.29) is 0 Å². The first kappa shape index (κ1) is 19.2. The highest BCUT2D eigenvalue weighted by Crippen LogP contribution is 2.56. The number of oxime groups is 1. The van der Waals surface area contributed by atoms with Crippen LogP contribution in [0.25, 0.3) is 0 Å². The van der Waals surface area contributed by atoms with Crippen LogP contribution in [0.1, 0.15) is 34.3 Å². The zero-order chi connectivity index (χ0) is 20.1. The van der Waals surface area contributed by atoms with Crippen molar-refractivity contribution in [1.29, 1.82) is 0 Å². The number of benzene rings is 2. The van der Waals surface area contributed by atoms with Crippen molar-refractivity contribution in [3.05, 3.63) is 82.0 Å². The van der Waals surface area contributed by atoms with Gasteiger partial charge in [0.2, 0.25) is 0 Å². The van der Waals surface area contributed by atoms with Crippen LogP contribution in [0.3, 0.4) is 0 Å². The molecule has 0 bridgehead atoms. The lowest BCUT2D eigenvalue weighted by Crippen LogP contribution is -2.11. The summed E-state index contributed by atoms with van der Waals surface area (Å²) in [7, 11) is 1.37. The lowest BCUT2D eigenvalue weighted by molar-refractivity contribution is -0.126. The summed E-state index contributed by atoms with van der Waals surface area (Å²) in [5.74, 6) is 1.83. The first-order valence-corrected chi connectivity index (χ1v) is 10.2. The first-order chi connectivity index (χ1) is 14.2. The molecular formula is C23H21NO4S. The molecule has 2 aromatic carbocycles. The number of hydrogen-bond acceptors (Lipinski definition) is 6. The van der Waals surface area contributed by atoms with Gasteiger partial charge >= 0.3 is 5.97 Å². The third kappa shape index (κ3) is 4.84. The van der Waals surface area contributed by atoms with Crippen LogP contribution >= 0.6 is 11.3 Å². The molecule has 0 spiro atoms. The lowest BCUT2D eigenvalue weighted by Gasteiger charge is -2.11. The monoisotopic (exact) mass is 407 g/mol. The Morgan fingerprint density at radius 2 is 2.03 bits per heavy atom. The summed E-state index contributed by atoms with van der Waals surface area (Å²) in [5, 5.41) is 5.55. The lowest BCUT2D eigenvalue weighted by atomic mass is 10.1. The number of hydrogen-bond donors (Lipinski definition) is 0. The zero-order valence-electron chi connectivity index (χ0n) is 16.0. The Labute approximate surface area is 173 Å².